The molecule has 112 valence electrons. The highest BCUT2D eigenvalue weighted by atomic mass is 32.2. The minimum Gasteiger partial charge on any atom is -0.318 e. The normalized spacial score (nSPS) is 11.1. The molecular formula is C10H12N6O4S. The largest absolute Gasteiger partial charge is 0.318 e. The van der Waals surface area contributed by atoms with Crippen LogP contribution in [0, 0.1) is 10.1 Å². The summed E-state index contributed by atoms with van der Waals surface area (Å²) >= 11 is 0. The number of nitrogens with one attached hydrogen (secondary N) is 2. The van der Waals surface area contributed by atoms with Crippen LogP contribution in [-0.4, -0.2) is 23.1 Å². The summed E-state index contributed by atoms with van der Waals surface area (Å²) in [6.07, 6.45) is 1.43. The first-order chi connectivity index (χ1) is 9.85. The second-order valence-corrected chi connectivity index (χ2v) is 5.71. The van der Waals surface area contributed by atoms with Gasteiger partial charge < -0.3 is 5.43 Å². The first kappa shape index (κ1) is 14.7. The number of anilines is 2. The number of aryl methyl sites for hydroxylation is 1. The van der Waals surface area contributed by atoms with E-state index >= 15 is 0 Å². The van der Waals surface area contributed by atoms with Crippen molar-refractivity contribution in [3.05, 3.63) is 40.6 Å². The Labute approximate surface area is 119 Å². The van der Waals surface area contributed by atoms with E-state index in [2.05, 4.69) is 15.2 Å². The van der Waals surface area contributed by atoms with E-state index in [1.165, 1.54) is 16.9 Å². The van der Waals surface area contributed by atoms with Crippen molar-refractivity contribution >= 4 is 27.2 Å². The Morgan fingerprint density at radius 1 is 1.38 bits per heavy atom. The molecule has 2 rings (SSSR count). The number of nitrogens with zero attached hydrogens (tertiary/aromatic N) is 3. The van der Waals surface area contributed by atoms with E-state index in [-0.39, 0.29) is 22.1 Å². The number of hydrogen-bond donors (Lipinski definition) is 3. The van der Waals surface area contributed by atoms with Crippen molar-refractivity contribution in [3.63, 3.8) is 0 Å². The molecule has 0 saturated heterocycles. The maximum Gasteiger partial charge on any atom is 0.293 e. The Kier molecular flexibility index (Phi) is 3.78. The number of aromatic nitrogens is 2. The van der Waals surface area contributed by atoms with Crippen LogP contribution in [0.15, 0.2) is 35.4 Å². The summed E-state index contributed by atoms with van der Waals surface area (Å²) in [7, 11) is -2.34. The molecule has 1 aromatic carbocycles. The fourth-order valence-electron chi connectivity index (χ4n) is 1.63. The van der Waals surface area contributed by atoms with Gasteiger partial charge in [0.1, 0.15) is 11.5 Å². The van der Waals surface area contributed by atoms with Gasteiger partial charge in [-0.3, -0.25) is 25.4 Å². The maximum absolute atomic E-state index is 12.2. The third-order valence-electron chi connectivity index (χ3n) is 2.69. The molecule has 2 aromatic rings. The summed E-state index contributed by atoms with van der Waals surface area (Å²) < 4.78 is 28.1. The molecule has 1 aromatic heterocycles. The molecule has 0 amide bonds. The van der Waals surface area contributed by atoms with Crippen LogP contribution in [-0.2, 0) is 17.1 Å². The van der Waals surface area contributed by atoms with Crippen LogP contribution in [0.4, 0.5) is 17.2 Å². The Bertz CT molecular complexity index is 785. The zero-order chi connectivity index (χ0) is 15.6. The fraction of sp³-hybridized carbons (Fsp3) is 0.100. The second kappa shape index (κ2) is 5.38. The summed E-state index contributed by atoms with van der Waals surface area (Å²) in [5.74, 6) is 5.44. The average Bonchev–Trinajstić information content (AvgIpc) is 2.82. The molecule has 0 atom stereocenters. The monoisotopic (exact) mass is 312 g/mol. The second-order valence-electron chi connectivity index (χ2n) is 4.03. The summed E-state index contributed by atoms with van der Waals surface area (Å²) in [6, 6.07) is 4.74. The van der Waals surface area contributed by atoms with Crippen LogP contribution in [0.2, 0.25) is 0 Å². The standard InChI is InChI=1S/C10H12N6O4S/c1-15-10(4-5-12-15)14-21(19,20)7-2-3-9(16(17)18)8(6-7)13-11/h2-6,13-14H,11H2,1H3. The SMILES string of the molecule is Cn1nccc1NS(=O)(=O)c1ccc([N+](=O)[O-])c(NN)c1. The van der Waals surface area contributed by atoms with Gasteiger partial charge in [-0.1, -0.05) is 0 Å². The van der Waals surface area contributed by atoms with Crippen molar-refractivity contribution in [3.8, 4) is 0 Å². The number of nitrogens with two attached hydrogens (primary N) is 1. The molecule has 0 saturated carbocycles. The van der Waals surface area contributed by atoms with Gasteiger partial charge in [-0.2, -0.15) is 5.10 Å². The number of nitro benzene ring substituents is 1. The van der Waals surface area contributed by atoms with Gasteiger partial charge in [-0.15, -0.1) is 0 Å². The Balaban J connectivity index is 2.41. The van der Waals surface area contributed by atoms with Gasteiger partial charge in [-0.25, -0.2) is 8.42 Å². The van der Waals surface area contributed by atoms with Crippen LogP contribution in [0.5, 0.6) is 0 Å². The van der Waals surface area contributed by atoms with Gasteiger partial charge in [0, 0.05) is 19.2 Å². The lowest BCUT2D eigenvalue weighted by Crippen LogP contribution is -2.16. The molecular weight excluding hydrogens is 300 g/mol. The minimum atomic E-state index is -3.91. The third kappa shape index (κ3) is 2.93. The van der Waals surface area contributed by atoms with Crippen molar-refractivity contribution in [1.29, 1.82) is 0 Å². The van der Waals surface area contributed by atoms with E-state index in [1.807, 2.05) is 0 Å². The summed E-state index contributed by atoms with van der Waals surface area (Å²) in [6.45, 7) is 0. The zero-order valence-corrected chi connectivity index (χ0v) is 11.7. The molecule has 10 nitrogen and oxygen atoms in total. The topological polar surface area (TPSA) is 145 Å². The van der Waals surface area contributed by atoms with Crippen LogP contribution >= 0.6 is 0 Å². The van der Waals surface area contributed by atoms with Crippen molar-refractivity contribution in [2.24, 2.45) is 12.9 Å². The molecule has 0 aliphatic heterocycles. The van der Waals surface area contributed by atoms with Gasteiger partial charge in [0.15, 0.2) is 0 Å². The first-order valence-electron chi connectivity index (χ1n) is 5.61. The van der Waals surface area contributed by atoms with Crippen LogP contribution < -0.4 is 16.0 Å². The van der Waals surface area contributed by atoms with Crippen LogP contribution in [0.25, 0.3) is 0 Å². The quantitative estimate of drug-likeness (QED) is 0.412. The van der Waals surface area contributed by atoms with Crippen molar-refractivity contribution < 1.29 is 13.3 Å². The smallest absolute Gasteiger partial charge is 0.293 e. The minimum absolute atomic E-state index is 0.104. The number of nitro groups is 1. The number of hydrazine groups is 1. The van der Waals surface area contributed by atoms with Crippen molar-refractivity contribution in [2.45, 2.75) is 4.90 Å². The lowest BCUT2D eigenvalue weighted by atomic mass is 10.3. The number of sulfonamides is 1. The molecule has 0 radical (unpaired) electrons. The highest BCUT2D eigenvalue weighted by Gasteiger charge is 2.21. The Hall–Kier alpha value is -2.66. The van der Waals surface area contributed by atoms with Crippen molar-refractivity contribution in [1.82, 2.24) is 9.78 Å². The molecule has 4 N–H and O–H groups in total. The summed E-state index contributed by atoms with van der Waals surface area (Å²) in [5, 5.41) is 14.6. The molecule has 11 heteroatoms. The molecule has 0 aliphatic carbocycles. The molecule has 0 bridgehead atoms. The van der Waals surface area contributed by atoms with Gasteiger partial charge in [0.05, 0.1) is 16.0 Å². The van der Waals surface area contributed by atoms with Crippen LogP contribution in [0.1, 0.15) is 0 Å². The maximum atomic E-state index is 12.2. The van der Waals surface area contributed by atoms with Crippen molar-refractivity contribution in [2.75, 3.05) is 10.1 Å². The number of hydrogen-bond acceptors (Lipinski definition) is 7. The average molecular weight is 312 g/mol. The summed E-state index contributed by atoms with van der Waals surface area (Å²) in [5.41, 5.74) is 1.68. The lowest BCUT2D eigenvalue weighted by molar-refractivity contribution is -0.384. The van der Waals surface area contributed by atoms with E-state index in [4.69, 9.17) is 5.84 Å². The lowest BCUT2D eigenvalue weighted by Gasteiger charge is -2.09. The van der Waals surface area contributed by atoms with E-state index in [0.717, 1.165) is 18.2 Å². The zero-order valence-electron chi connectivity index (χ0n) is 10.8. The number of nitrogen functional groups attached to an aromatic ring is 1. The van der Waals surface area contributed by atoms with E-state index in [1.54, 1.807) is 7.05 Å². The highest BCUT2D eigenvalue weighted by Crippen LogP contribution is 2.27. The summed E-state index contributed by atoms with van der Waals surface area (Å²) in [4.78, 5) is 9.94. The number of rotatable bonds is 5. The Morgan fingerprint density at radius 2 is 2.10 bits per heavy atom. The number of benzene rings is 1. The first-order valence-corrected chi connectivity index (χ1v) is 7.09. The molecule has 0 unspecified atom stereocenters. The molecule has 0 spiro atoms. The molecule has 21 heavy (non-hydrogen) atoms. The van der Waals surface area contributed by atoms with E-state index in [0.29, 0.717) is 0 Å². The van der Waals surface area contributed by atoms with E-state index < -0.39 is 14.9 Å². The van der Waals surface area contributed by atoms with Crippen LogP contribution in [0.3, 0.4) is 0 Å². The molecule has 0 aliphatic rings. The van der Waals surface area contributed by atoms with Gasteiger partial charge >= 0.3 is 0 Å². The van der Waals surface area contributed by atoms with Gasteiger partial charge in [0.25, 0.3) is 15.7 Å². The predicted octanol–water partition coefficient (Wildman–Crippen LogP) is 0.415. The van der Waals surface area contributed by atoms with E-state index in [9.17, 15) is 18.5 Å². The Morgan fingerprint density at radius 3 is 2.62 bits per heavy atom. The van der Waals surface area contributed by atoms with Gasteiger partial charge in [0.2, 0.25) is 0 Å². The highest BCUT2D eigenvalue weighted by molar-refractivity contribution is 7.92. The third-order valence-corrected chi connectivity index (χ3v) is 4.04. The molecule has 1 heterocycles. The molecule has 0 fully saturated rings. The fourth-order valence-corrected chi connectivity index (χ4v) is 2.74. The van der Waals surface area contributed by atoms with Gasteiger partial charge in [-0.05, 0) is 12.1 Å². The predicted molar refractivity (Wildman–Crippen MR) is 74.9 cm³/mol.